The van der Waals surface area contributed by atoms with E-state index in [-0.39, 0.29) is 29.7 Å². The Kier molecular flexibility index (Phi) is 6.22. The van der Waals surface area contributed by atoms with Gasteiger partial charge in [-0.25, -0.2) is 19.3 Å². The van der Waals surface area contributed by atoms with E-state index in [0.717, 1.165) is 24.4 Å². The van der Waals surface area contributed by atoms with Gasteiger partial charge in [0.25, 0.3) is 0 Å². The van der Waals surface area contributed by atoms with Gasteiger partial charge in [-0.1, -0.05) is 5.92 Å². The largest absolute Gasteiger partial charge is 0.479 e. The third-order valence-corrected chi connectivity index (χ3v) is 10.1. The third kappa shape index (κ3) is 4.45. The fourth-order valence-corrected chi connectivity index (χ4v) is 7.34. The van der Waals surface area contributed by atoms with Gasteiger partial charge in [0.1, 0.15) is 40.1 Å². The standard InChI is InChI=1S/C26H29FN6O3S/c1-4-5-10-36-18-11-16-8-9-29-23(22(16)31-13-18)32-21-12-19(20(27)14-30-21)25(2)15-37(34,35)26(3,17-6-7-17)24(28)33-25/h8-9,11-14,17,34-35H,6-7,10,15H2,1-3H3,(H2,28,33)(H,29,30,32)/t25-,26-/m0/s1. The second-order valence-electron chi connectivity index (χ2n) is 9.82. The molecule has 0 amide bonds. The highest BCUT2D eigenvalue weighted by atomic mass is 32.3. The van der Waals surface area contributed by atoms with E-state index in [1.807, 2.05) is 6.07 Å². The lowest BCUT2D eigenvalue weighted by Crippen LogP contribution is -2.63. The predicted molar refractivity (Wildman–Crippen MR) is 143 cm³/mol. The summed E-state index contributed by atoms with van der Waals surface area (Å²) >= 11 is 0. The zero-order valence-electron chi connectivity index (χ0n) is 20.8. The van der Waals surface area contributed by atoms with Gasteiger partial charge < -0.3 is 15.4 Å². The molecule has 9 nitrogen and oxygen atoms in total. The molecule has 1 aliphatic carbocycles. The maximum atomic E-state index is 15.1. The first-order valence-electron chi connectivity index (χ1n) is 11.9. The molecule has 11 heteroatoms. The van der Waals surface area contributed by atoms with Crippen molar-refractivity contribution in [3.63, 3.8) is 0 Å². The Morgan fingerprint density at radius 2 is 2.03 bits per heavy atom. The number of halogens is 1. The van der Waals surface area contributed by atoms with Gasteiger partial charge in [-0.05, 0) is 57.7 Å². The van der Waals surface area contributed by atoms with Crippen LogP contribution in [-0.4, -0.2) is 47.0 Å². The zero-order valence-corrected chi connectivity index (χ0v) is 21.6. The van der Waals surface area contributed by atoms with Crippen LogP contribution in [0.1, 0.15) is 39.2 Å². The molecule has 5 rings (SSSR count). The second kappa shape index (κ2) is 9.13. The van der Waals surface area contributed by atoms with Crippen LogP contribution in [-0.2, 0) is 5.54 Å². The Balaban J connectivity index is 1.44. The minimum absolute atomic E-state index is 0.0253. The summed E-state index contributed by atoms with van der Waals surface area (Å²) in [6.07, 6.45) is 5.96. The summed E-state index contributed by atoms with van der Waals surface area (Å²) in [6, 6.07) is 5.14. The molecule has 3 aromatic rings. The van der Waals surface area contributed by atoms with Gasteiger partial charge in [-0.3, -0.25) is 14.5 Å². The summed E-state index contributed by atoms with van der Waals surface area (Å²) < 4.78 is 41.9. The highest BCUT2D eigenvalue weighted by Gasteiger charge is 2.59. The molecular weight excluding hydrogens is 495 g/mol. The number of pyridine rings is 3. The molecule has 0 spiro atoms. The van der Waals surface area contributed by atoms with Crippen LogP contribution >= 0.6 is 10.6 Å². The molecule has 2 aliphatic rings. The fraction of sp³-hybridized carbons (Fsp3) is 0.385. The molecule has 3 aromatic heterocycles. The molecule has 1 saturated heterocycles. The molecule has 0 unspecified atom stereocenters. The number of hydrogen-bond donors (Lipinski definition) is 5. The fourth-order valence-electron chi connectivity index (χ4n) is 4.86. The number of amidine groups is 1. The van der Waals surface area contributed by atoms with Crippen molar-refractivity contribution in [3.05, 3.63) is 48.2 Å². The number of nitrogens with one attached hydrogen (secondary N) is 3. The van der Waals surface area contributed by atoms with Gasteiger partial charge in [0.2, 0.25) is 0 Å². The van der Waals surface area contributed by atoms with Crippen molar-refractivity contribution in [2.75, 3.05) is 17.7 Å². The Morgan fingerprint density at radius 1 is 1.24 bits per heavy atom. The summed E-state index contributed by atoms with van der Waals surface area (Å²) in [7, 11) is -3.23. The first-order valence-corrected chi connectivity index (χ1v) is 13.6. The van der Waals surface area contributed by atoms with Gasteiger partial charge in [0.05, 0.1) is 23.7 Å². The van der Waals surface area contributed by atoms with Gasteiger partial charge in [0.15, 0.2) is 5.82 Å². The Hall–Kier alpha value is -3.46. The molecule has 37 heavy (non-hydrogen) atoms. The zero-order chi connectivity index (χ0) is 26.4. The molecule has 0 aromatic carbocycles. The van der Waals surface area contributed by atoms with Crippen LogP contribution in [0.5, 0.6) is 5.75 Å². The Labute approximate surface area is 216 Å². The lowest BCUT2D eigenvalue weighted by atomic mass is 9.91. The van der Waals surface area contributed by atoms with E-state index in [1.54, 1.807) is 39.2 Å². The highest BCUT2D eigenvalue weighted by molar-refractivity contribution is 8.26. The second-order valence-corrected chi connectivity index (χ2v) is 12.3. The van der Waals surface area contributed by atoms with Crippen molar-refractivity contribution >= 4 is 39.0 Å². The van der Waals surface area contributed by atoms with Crippen molar-refractivity contribution in [1.29, 1.82) is 5.41 Å². The summed E-state index contributed by atoms with van der Waals surface area (Å²) in [6.45, 7) is 5.40. The molecule has 1 aliphatic heterocycles. The molecule has 5 N–H and O–H groups in total. The molecule has 0 radical (unpaired) electrons. The smallest absolute Gasteiger partial charge is 0.158 e. The number of hydrogen-bond acceptors (Lipinski definition) is 8. The monoisotopic (exact) mass is 524 g/mol. The van der Waals surface area contributed by atoms with Crippen molar-refractivity contribution in [2.24, 2.45) is 5.92 Å². The molecule has 4 heterocycles. The van der Waals surface area contributed by atoms with E-state index in [4.69, 9.17) is 10.1 Å². The summed E-state index contributed by atoms with van der Waals surface area (Å²) in [5.41, 5.74) is -0.470. The molecule has 2 fully saturated rings. The number of fused-ring (bicyclic) bond motifs is 1. The maximum absolute atomic E-state index is 15.1. The van der Waals surface area contributed by atoms with Gasteiger partial charge in [-0.2, -0.15) is 10.6 Å². The van der Waals surface area contributed by atoms with E-state index >= 15 is 4.39 Å². The van der Waals surface area contributed by atoms with Crippen molar-refractivity contribution in [3.8, 4) is 17.6 Å². The van der Waals surface area contributed by atoms with Crippen molar-refractivity contribution < 1.29 is 18.2 Å². The number of anilines is 2. The summed E-state index contributed by atoms with van der Waals surface area (Å²) in [5.74, 6) is 6.24. The predicted octanol–water partition coefficient (Wildman–Crippen LogP) is 5.02. The molecular formula is C26H29FN6O3S. The lowest BCUT2D eigenvalue weighted by molar-refractivity contribution is 0.367. The van der Waals surface area contributed by atoms with Crippen LogP contribution in [0, 0.1) is 29.0 Å². The van der Waals surface area contributed by atoms with Crippen LogP contribution in [0.3, 0.4) is 0 Å². The SMILES string of the molecule is CC#CCOc1cnc2c(Nc3cc([C@]4(C)CS(O)(O)[C@@](C)(C5CC5)C(=N)N4)c(F)cn3)nccc2c1. The van der Waals surface area contributed by atoms with E-state index in [1.165, 1.54) is 6.07 Å². The van der Waals surface area contributed by atoms with Crippen molar-refractivity contribution in [1.82, 2.24) is 20.3 Å². The number of aromatic nitrogens is 3. The van der Waals surface area contributed by atoms with Crippen LogP contribution in [0.15, 0.2) is 36.8 Å². The molecule has 194 valence electrons. The van der Waals surface area contributed by atoms with Gasteiger partial charge >= 0.3 is 0 Å². The number of ether oxygens (including phenoxy) is 1. The van der Waals surface area contributed by atoms with Gasteiger partial charge in [0, 0.05) is 17.1 Å². The van der Waals surface area contributed by atoms with Gasteiger partial charge in [-0.15, -0.1) is 5.92 Å². The first kappa shape index (κ1) is 25.2. The van der Waals surface area contributed by atoms with E-state index in [0.29, 0.717) is 22.9 Å². The van der Waals surface area contributed by atoms with E-state index in [2.05, 4.69) is 37.4 Å². The van der Waals surface area contributed by atoms with Crippen LogP contribution < -0.4 is 15.4 Å². The number of rotatable bonds is 6. The summed E-state index contributed by atoms with van der Waals surface area (Å²) in [4.78, 5) is 13.0. The average Bonchev–Trinajstić information content (AvgIpc) is 3.69. The topological polar surface area (TPSA) is 136 Å². The Morgan fingerprint density at radius 3 is 2.73 bits per heavy atom. The highest BCUT2D eigenvalue weighted by Crippen LogP contribution is 2.66. The average molecular weight is 525 g/mol. The van der Waals surface area contributed by atoms with Crippen LogP contribution in [0.2, 0.25) is 0 Å². The molecule has 2 atom stereocenters. The Bertz CT molecular complexity index is 1450. The van der Waals surface area contributed by atoms with E-state index in [9.17, 15) is 9.11 Å². The van der Waals surface area contributed by atoms with Crippen molar-refractivity contribution in [2.45, 2.75) is 43.9 Å². The minimum atomic E-state index is -3.23. The normalized spacial score (nSPS) is 25.5. The summed E-state index contributed by atoms with van der Waals surface area (Å²) in [5, 5.41) is 15.6. The maximum Gasteiger partial charge on any atom is 0.158 e. The lowest BCUT2D eigenvalue weighted by Gasteiger charge is -2.58. The van der Waals surface area contributed by atoms with E-state index < -0.39 is 26.7 Å². The minimum Gasteiger partial charge on any atom is -0.479 e. The van der Waals surface area contributed by atoms with Crippen LogP contribution in [0.4, 0.5) is 16.0 Å². The number of nitrogens with zero attached hydrogens (tertiary/aromatic N) is 3. The molecule has 1 saturated carbocycles. The third-order valence-electron chi connectivity index (χ3n) is 7.18. The first-order chi connectivity index (χ1) is 17.6. The quantitative estimate of drug-likeness (QED) is 0.284. The molecule has 0 bridgehead atoms. The van der Waals surface area contributed by atoms with Crippen LogP contribution in [0.25, 0.3) is 10.9 Å².